The lowest BCUT2D eigenvalue weighted by molar-refractivity contribution is -0.278. The Kier molecular flexibility index (Phi) is 11.4. The fourth-order valence-corrected chi connectivity index (χ4v) is 5.93. The lowest BCUT2D eigenvalue weighted by atomic mass is 9.88. The van der Waals surface area contributed by atoms with Gasteiger partial charge in [-0.05, 0) is 49.2 Å². The average Bonchev–Trinajstić information content (AvgIpc) is 3.07. The van der Waals surface area contributed by atoms with Gasteiger partial charge in [-0.1, -0.05) is 12.1 Å². The van der Waals surface area contributed by atoms with Gasteiger partial charge in [0.05, 0.1) is 30.6 Å². The Bertz CT molecular complexity index is 1780. The molecule has 8 N–H and O–H groups in total. The molecule has 0 aliphatic carbocycles. The number of ether oxygens (including phenoxy) is 4. The number of ketones is 1. The first-order valence-electron chi connectivity index (χ1n) is 15.6. The molecule has 3 heterocycles. The molecule has 0 bridgehead atoms. The van der Waals surface area contributed by atoms with E-state index in [2.05, 4.69) is 0 Å². The predicted octanol–water partition coefficient (Wildman–Crippen LogP) is -1.10. The fraction of sp³-hybridized carbons (Fsp3) is 0.441. The Balaban J connectivity index is 1.67. The molecule has 0 spiro atoms. The lowest BCUT2D eigenvalue weighted by Crippen LogP contribution is -2.60. The Morgan fingerprint density at radius 3 is 2.16 bits per heavy atom. The van der Waals surface area contributed by atoms with Gasteiger partial charge in [0, 0.05) is 12.1 Å². The Morgan fingerprint density at radius 2 is 1.52 bits per heavy atom. The molecule has 2 aliphatic rings. The van der Waals surface area contributed by atoms with Crippen LogP contribution in [0.25, 0.3) is 17.0 Å². The highest BCUT2D eigenvalue weighted by atomic mass is 16.7. The molecule has 16 nitrogen and oxygen atoms in total. The standard InChI is InChI=1S/C34H38O16/c1-14-9-20(48-34-30(45)28(43)26(41)22(13-36)49-34)25(31-24(14)19(39)11-18(46-31)10-15(2)37)32-33(29(44)27(42)21(12-35)47-32)50-23(40)8-5-16-3-6-17(38)7-4-16/h3-9,11,21-22,26-30,32-36,38,41-45H,10,12-13H2,1-2H3/b8-5+/t21-,22-,26-,27-,28-,29-,30+,32-,33+,34+/m0/s1. The monoisotopic (exact) mass is 702 g/mol. The van der Waals surface area contributed by atoms with Crippen LogP contribution in [0.3, 0.4) is 0 Å². The van der Waals surface area contributed by atoms with Gasteiger partial charge in [0.25, 0.3) is 0 Å². The molecule has 2 aliphatic heterocycles. The van der Waals surface area contributed by atoms with Gasteiger partial charge in [-0.2, -0.15) is 0 Å². The van der Waals surface area contributed by atoms with Crippen LogP contribution in [0.2, 0.25) is 0 Å². The number of hydrogen-bond acceptors (Lipinski definition) is 16. The van der Waals surface area contributed by atoms with Crippen LogP contribution in [0.1, 0.15) is 35.5 Å². The van der Waals surface area contributed by atoms with Crippen LogP contribution in [-0.2, 0) is 30.2 Å². The molecule has 0 amide bonds. The van der Waals surface area contributed by atoms with Crippen LogP contribution in [0, 0.1) is 6.92 Å². The minimum absolute atomic E-state index is 0.00681. The summed E-state index contributed by atoms with van der Waals surface area (Å²) in [6.45, 7) is 1.17. The average molecular weight is 703 g/mol. The van der Waals surface area contributed by atoms with E-state index in [0.717, 1.165) is 12.1 Å². The first-order chi connectivity index (χ1) is 23.7. The van der Waals surface area contributed by atoms with Crippen molar-refractivity contribution in [1.82, 2.24) is 0 Å². The van der Waals surface area contributed by atoms with Gasteiger partial charge in [0.15, 0.2) is 11.5 Å². The quantitative estimate of drug-likeness (QED) is 0.0920. The number of aromatic hydroxyl groups is 1. The molecule has 1 aromatic heterocycles. The molecule has 0 unspecified atom stereocenters. The van der Waals surface area contributed by atoms with Gasteiger partial charge >= 0.3 is 5.97 Å². The Morgan fingerprint density at radius 1 is 0.880 bits per heavy atom. The van der Waals surface area contributed by atoms with Crippen molar-refractivity contribution in [1.29, 1.82) is 0 Å². The van der Waals surface area contributed by atoms with Crippen molar-refractivity contribution in [3.8, 4) is 11.5 Å². The molecule has 0 radical (unpaired) electrons. The predicted molar refractivity (Wildman–Crippen MR) is 170 cm³/mol. The van der Waals surface area contributed by atoms with E-state index < -0.39 is 85.8 Å². The first kappa shape index (κ1) is 37.0. The second-order valence-corrected chi connectivity index (χ2v) is 12.2. The maximum absolute atomic E-state index is 13.4. The van der Waals surface area contributed by atoms with Crippen molar-refractivity contribution in [2.45, 2.75) is 81.5 Å². The number of carbonyl (C=O) groups excluding carboxylic acids is 2. The number of esters is 1. The third kappa shape index (κ3) is 7.58. The number of aryl methyl sites for hydroxylation is 1. The van der Waals surface area contributed by atoms with Crippen molar-refractivity contribution in [3.63, 3.8) is 0 Å². The number of carbonyl (C=O) groups is 2. The summed E-state index contributed by atoms with van der Waals surface area (Å²) >= 11 is 0. The first-order valence-corrected chi connectivity index (χ1v) is 15.6. The highest BCUT2D eigenvalue weighted by Gasteiger charge is 2.50. The summed E-state index contributed by atoms with van der Waals surface area (Å²) in [6.07, 6.45) is -15.2. The maximum atomic E-state index is 13.4. The highest BCUT2D eigenvalue weighted by molar-refractivity contribution is 5.88. The van der Waals surface area contributed by atoms with E-state index in [9.17, 15) is 55.2 Å². The summed E-state index contributed by atoms with van der Waals surface area (Å²) in [5.41, 5.74) is -0.362. The summed E-state index contributed by atoms with van der Waals surface area (Å²) in [5, 5.41) is 82.8. The summed E-state index contributed by atoms with van der Waals surface area (Å²) in [6, 6.07) is 8.22. The molecular formula is C34H38O16. The summed E-state index contributed by atoms with van der Waals surface area (Å²) < 4.78 is 29.2. The largest absolute Gasteiger partial charge is 0.508 e. The molecule has 270 valence electrons. The van der Waals surface area contributed by atoms with Crippen molar-refractivity contribution >= 4 is 28.8 Å². The summed E-state index contributed by atoms with van der Waals surface area (Å²) in [5.74, 6) is -1.77. The molecule has 10 atom stereocenters. The van der Waals surface area contributed by atoms with Crippen molar-refractivity contribution in [2.24, 2.45) is 0 Å². The van der Waals surface area contributed by atoms with E-state index >= 15 is 0 Å². The summed E-state index contributed by atoms with van der Waals surface area (Å²) in [4.78, 5) is 38.6. The number of rotatable bonds is 10. The van der Waals surface area contributed by atoms with Gasteiger partial charge in [-0.15, -0.1) is 0 Å². The normalized spacial score (nSPS) is 30.0. The third-order valence-corrected chi connectivity index (χ3v) is 8.47. The van der Waals surface area contributed by atoms with Gasteiger partial charge in [0.1, 0.15) is 77.5 Å². The number of aliphatic hydroxyl groups is 7. The minimum atomic E-state index is -1.92. The van der Waals surface area contributed by atoms with Crippen molar-refractivity contribution < 1.29 is 73.8 Å². The molecule has 5 rings (SSSR count). The van der Waals surface area contributed by atoms with Crippen molar-refractivity contribution in [3.05, 3.63) is 75.1 Å². The SMILES string of the molecule is CC(=O)Cc1cc(=O)c2c(C)cc(O[C@@H]3O[C@@H](CO)[C@H](O)[C@H](O)[C@H]3O)c([C@@H]3O[C@@H](CO)[C@H](O)[C@H](O)[C@H]3OC(=O)/C=C/c3ccc(O)cc3)c2o1. The van der Waals surface area contributed by atoms with Crippen LogP contribution in [0.5, 0.6) is 11.5 Å². The molecule has 2 aromatic carbocycles. The van der Waals surface area contributed by atoms with E-state index in [-0.39, 0.29) is 51.6 Å². The van der Waals surface area contributed by atoms with Crippen molar-refractivity contribution in [2.75, 3.05) is 13.2 Å². The Labute approximate surface area is 284 Å². The van der Waals surface area contributed by atoms with E-state index in [0.29, 0.717) is 5.56 Å². The highest BCUT2D eigenvalue weighted by Crippen LogP contribution is 2.44. The molecular weight excluding hydrogens is 664 g/mol. The zero-order valence-corrected chi connectivity index (χ0v) is 26.9. The lowest BCUT2D eigenvalue weighted by Gasteiger charge is -2.43. The van der Waals surface area contributed by atoms with E-state index in [1.807, 2.05) is 0 Å². The second-order valence-electron chi connectivity index (χ2n) is 12.2. The van der Waals surface area contributed by atoms with Gasteiger partial charge < -0.3 is 64.2 Å². The number of phenolic OH excluding ortho intramolecular Hbond substituents is 1. The van der Waals surface area contributed by atoms with E-state index in [4.69, 9.17) is 23.4 Å². The van der Waals surface area contributed by atoms with E-state index in [1.165, 1.54) is 50.3 Å². The van der Waals surface area contributed by atoms with Crippen LogP contribution in [0.15, 0.2) is 51.7 Å². The maximum Gasteiger partial charge on any atom is 0.331 e. The van der Waals surface area contributed by atoms with Gasteiger partial charge in [0.2, 0.25) is 6.29 Å². The molecule has 16 heteroatoms. The number of benzene rings is 2. The fourth-order valence-electron chi connectivity index (χ4n) is 5.93. The molecule has 3 aromatic rings. The number of phenols is 1. The zero-order valence-electron chi connectivity index (χ0n) is 26.9. The summed E-state index contributed by atoms with van der Waals surface area (Å²) in [7, 11) is 0. The van der Waals surface area contributed by atoms with E-state index in [1.54, 1.807) is 0 Å². The Hall–Kier alpha value is -4.23. The molecule has 50 heavy (non-hydrogen) atoms. The van der Waals surface area contributed by atoms with Crippen LogP contribution in [-0.4, -0.2) is 121 Å². The smallest absolute Gasteiger partial charge is 0.331 e. The van der Waals surface area contributed by atoms with Crippen LogP contribution in [0.4, 0.5) is 0 Å². The third-order valence-electron chi connectivity index (χ3n) is 8.47. The topological polar surface area (TPSA) is 263 Å². The van der Waals surface area contributed by atoms with Crippen LogP contribution >= 0.6 is 0 Å². The number of aliphatic hydroxyl groups excluding tert-OH is 7. The number of fused-ring (bicyclic) bond motifs is 1. The second kappa shape index (κ2) is 15.3. The zero-order chi connectivity index (χ0) is 36.4. The van der Waals surface area contributed by atoms with Crippen LogP contribution < -0.4 is 10.2 Å². The minimum Gasteiger partial charge on any atom is -0.508 e. The molecule has 0 saturated carbocycles. The number of hydrogen-bond donors (Lipinski definition) is 8. The van der Waals surface area contributed by atoms with Gasteiger partial charge in [-0.3, -0.25) is 9.59 Å². The molecule has 2 saturated heterocycles. The molecule has 2 fully saturated rings. The number of Topliss-reactive ketones (excluding diaryl/α,β-unsaturated/α-hetero) is 1. The van der Waals surface area contributed by atoms with Gasteiger partial charge in [-0.25, -0.2) is 4.79 Å².